The summed E-state index contributed by atoms with van der Waals surface area (Å²) in [5.74, 6) is 2.81. The van der Waals surface area contributed by atoms with Gasteiger partial charge in [0.05, 0.1) is 12.6 Å². The van der Waals surface area contributed by atoms with E-state index in [2.05, 4.69) is 16.1 Å². The van der Waals surface area contributed by atoms with Crippen LogP contribution in [0.4, 0.5) is 0 Å². The van der Waals surface area contributed by atoms with Crippen molar-refractivity contribution in [1.29, 1.82) is 0 Å². The van der Waals surface area contributed by atoms with Gasteiger partial charge in [0.15, 0.2) is 5.66 Å². The molecule has 20 heavy (non-hydrogen) atoms. The number of methoxy groups -OCH3 is 1. The Morgan fingerprint density at radius 3 is 2.90 bits per heavy atom. The molecule has 1 saturated heterocycles. The first-order valence-electron chi connectivity index (χ1n) is 7.37. The molecule has 0 unspecified atom stereocenters. The van der Waals surface area contributed by atoms with Gasteiger partial charge >= 0.3 is 0 Å². The van der Waals surface area contributed by atoms with E-state index in [0.29, 0.717) is 25.9 Å². The second-order valence-electron chi connectivity index (χ2n) is 5.58. The second kappa shape index (κ2) is 6.85. The number of amides is 1. The summed E-state index contributed by atoms with van der Waals surface area (Å²) in [6.07, 6.45) is 11.2. The Bertz CT molecular complexity index is 406. The van der Waals surface area contributed by atoms with Crippen LogP contribution in [0.2, 0.25) is 0 Å². The third-order valence-corrected chi connectivity index (χ3v) is 4.10. The van der Waals surface area contributed by atoms with Crippen LogP contribution in [0.25, 0.3) is 0 Å². The number of carbonyl (C=O) groups is 1. The van der Waals surface area contributed by atoms with Crippen LogP contribution in [0.1, 0.15) is 44.9 Å². The third kappa shape index (κ3) is 3.80. The summed E-state index contributed by atoms with van der Waals surface area (Å²) in [5.41, 5.74) is -0.353. The van der Waals surface area contributed by atoms with Crippen LogP contribution in [-0.2, 0) is 9.53 Å². The SMILES string of the molecule is C#CCCC1(CCC(=O)N2CCCC[C@@H]2COC)N=N1. The summed E-state index contributed by atoms with van der Waals surface area (Å²) in [7, 11) is 1.69. The number of nitrogens with zero attached hydrogens (tertiary/aromatic N) is 3. The van der Waals surface area contributed by atoms with Gasteiger partial charge in [-0.05, 0) is 19.3 Å². The highest BCUT2D eigenvalue weighted by Gasteiger charge is 2.40. The van der Waals surface area contributed by atoms with Gasteiger partial charge in [0.25, 0.3) is 0 Å². The highest BCUT2D eigenvalue weighted by Crippen LogP contribution is 2.38. The van der Waals surface area contributed by atoms with Gasteiger partial charge in [-0.1, -0.05) is 0 Å². The maximum absolute atomic E-state index is 12.4. The van der Waals surface area contributed by atoms with E-state index in [1.54, 1.807) is 7.11 Å². The van der Waals surface area contributed by atoms with Gasteiger partial charge in [-0.2, -0.15) is 10.2 Å². The number of carbonyl (C=O) groups excluding carboxylic acids is 1. The minimum Gasteiger partial charge on any atom is -0.383 e. The van der Waals surface area contributed by atoms with Crippen LogP contribution in [0, 0.1) is 12.3 Å². The molecule has 5 nitrogen and oxygen atoms in total. The van der Waals surface area contributed by atoms with Crippen molar-refractivity contribution in [3.05, 3.63) is 0 Å². The van der Waals surface area contributed by atoms with Crippen molar-refractivity contribution in [2.45, 2.75) is 56.7 Å². The van der Waals surface area contributed by atoms with E-state index in [-0.39, 0.29) is 17.6 Å². The zero-order chi connectivity index (χ0) is 14.4. The molecule has 5 heteroatoms. The Morgan fingerprint density at radius 2 is 2.25 bits per heavy atom. The van der Waals surface area contributed by atoms with Gasteiger partial charge in [-0.15, -0.1) is 12.3 Å². The summed E-state index contributed by atoms with van der Waals surface area (Å²) >= 11 is 0. The van der Waals surface area contributed by atoms with E-state index in [9.17, 15) is 4.79 Å². The molecule has 0 radical (unpaired) electrons. The van der Waals surface area contributed by atoms with Crippen LogP contribution in [0.3, 0.4) is 0 Å². The first-order chi connectivity index (χ1) is 9.71. The molecule has 1 fully saturated rings. The van der Waals surface area contributed by atoms with Gasteiger partial charge in [0.1, 0.15) is 0 Å². The van der Waals surface area contributed by atoms with Crippen LogP contribution in [0.5, 0.6) is 0 Å². The molecule has 0 bridgehead atoms. The maximum Gasteiger partial charge on any atom is 0.223 e. The van der Waals surface area contributed by atoms with E-state index in [1.807, 2.05) is 4.90 Å². The summed E-state index contributed by atoms with van der Waals surface area (Å²) in [6, 6.07) is 0.232. The topological polar surface area (TPSA) is 54.3 Å². The van der Waals surface area contributed by atoms with Crippen molar-refractivity contribution >= 4 is 5.91 Å². The first kappa shape index (κ1) is 15.0. The molecule has 0 aromatic carbocycles. The zero-order valence-electron chi connectivity index (χ0n) is 12.2. The lowest BCUT2D eigenvalue weighted by atomic mass is 9.99. The van der Waals surface area contributed by atoms with Crippen LogP contribution in [-0.4, -0.2) is 42.8 Å². The smallest absolute Gasteiger partial charge is 0.223 e. The van der Waals surface area contributed by atoms with E-state index < -0.39 is 0 Å². The molecule has 0 N–H and O–H groups in total. The van der Waals surface area contributed by atoms with Crippen molar-refractivity contribution in [3.8, 4) is 12.3 Å². The molecule has 0 saturated carbocycles. The van der Waals surface area contributed by atoms with Gasteiger partial charge < -0.3 is 9.64 Å². The minimum absolute atomic E-state index is 0.198. The third-order valence-electron chi connectivity index (χ3n) is 4.10. The lowest BCUT2D eigenvalue weighted by Gasteiger charge is -2.35. The maximum atomic E-state index is 12.4. The van der Waals surface area contributed by atoms with Crippen LogP contribution >= 0.6 is 0 Å². The quantitative estimate of drug-likeness (QED) is 0.671. The van der Waals surface area contributed by atoms with E-state index >= 15 is 0 Å². The second-order valence-corrected chi connectivity index (χ2v) is 5.58. The number of hydrogen-bond donors (Lipinski definition) is 0. The fraction of sp³-hybridized carbons (Fsp3) is 0.800. The molecule has 0 aromatic heterocycles. The minimum atomic E-state index is -0.353. The molecular weight excluding hydrogens is 254 g/mol. The molecule has 0 aromatic rings. The van der Waals surface area contributed by atoms with E-state index in [4.69, 9.17) is 11.2 Å². The van der Waals surface area contributed by atoms with Crippen molar-refractivity contribution < 1.29 is 9.53 Å². The van der Waals surface area contributed by atoms with Crippen molar-refractivity contribution in [2.75, 3.05) is 20.3 Å². The molecule has 0 aliphatic carbocycles. The van der Waals surface area contributed by atoms with E-state index in [1.165, 1.54) is 6.42 Å². The molecule has 2 aliphatic heterocycles. The number of likely N-dealkylation sites (tertiary alicyclic amines) is 1. The summed E-state index contributed by atoms with van der Waals surface area (Å²) in [6.45, 7) is 1.47. The monoisotopic (exact) mass is 277 g/mol. The fourth-order valence-electron chi connectivity index (χ4n) is 2.81. The molecule has 2 rings (SSSR count). The lowest BCUT2D eigenvalue weighted by Crippen LogP contribution is -2.46. The van der Waals surface area contributed by atoms with Gasteiger partial charge in [-0.3, -0.25) is 4.79 Å². The largest absolute Gasteiger partial charge is 0.383 e. The average molecular weight is 277 g/mol. The van der Waals surface area contributed by atoms with Crippen molar-refractivity contribution in [3.63, 3.8) is 0 Å². The summed E-state index contributed by atoms with van der Waals surface area (Å²) < 4.78 is 5.22. The highest BCUT2D eigenvalue weighted by molar-refractivity contribution is 5.76. The van der Waals surface area contributed by atoms with Crippen LogP contribution < -0.4 is 0 Å². The lowest BCUT2D eigenvalue weighted by molar-refractivity contribution is -0.136. The number of rotatable bonds is 7. The molecule has 2 heterocycles. The average Bonchev–Trinajstić information content (AvgIpc) is 3.24. The number of piperidine rings is 1. The fourth-order valence-corrected chi connectivity index (χ4v) is 2.81. The Morgan fingerprint density at radius 1 is 1.45 bits per heavy atom. The standard InChI is InChI=1S/C15H23N3O2/c1-3-4-9-15(16-17-15)10-8-14(19)18-11-6-5-7-13(18)12-20-2/h1,13H,4-12H2,2H3/t13-/m1/s1. The van der Waals surface area contributed by atoms with E-state index in [0.717, 1.165) is 25.8 Å². The summed E-state index contributed by atoms with van der Waals surface area (Å²) in [4.78, 5) is 14.4. The highest BCUT2D eigenvalue weighted by atomic mass is 16.5. The molecule has 2 aliphatic rings. The molecule has 1 atom stereocenters. The van der Waals surface area contributed by atoms with Crippen molar-refractivity contribution in [2.24, 2.45) is 10.2 Å². The summed E-state index contributed by atoms with van der Waals surface area (Å²) in [5, 5.41) is 8.16. The van der Waals surface area contributed by atoms with Crippen LogP contribution in [0.15, 0.2) is 10.2 Å². The normalized spacial score (nSPS) is 23.4. The predicted molar refractivity (Wildman–Crippen MR) is 76.1 cm³/mol. The number of terminal acetylenes is 1. The first-order valence-corrected chi connectivity index (χ1v) is 7.37. The Hall–Kier alpha value is -1.41. The molecule has 0 spiro atoms. The van der Waals surface area contributed by atoms with Crippen molar-refractivity contribution in [1.82, 2.24) is 4.90 Å². The number of hydrogen-bond acceptors (Lipinski definition) is 4. The molecular formula is C15H23N3O2. The Labute approximate surface area is 120 Å². The molecule has 1 amide bonds. The number of ether oxygens (including phenoxy) is 1. The predicted octanol–water partition coefficient (Wildman–Crippen LogP) is 2.37. The Balaban J connectivity index is 1.80. The zero-order valence-corrected chi connectivity index (χ0v) is 12.2. The Kier molecular flexibility index (Phi) is 5.13. The van der Waals surface area contributed by atoms with Gasteiger partial charge in [0.2, 0.25) is 5.91 Å². The van der Waals surface area contributed by atoms with Gasteiger partial charge in [-0.25, -0.2) is 0 Å². The van der Waals surface area contributed by atoms with Gasteiger partial charge in [0, 0.05) is 39.3 Å². The molecule has 110 valence electrons.